The highest BCUT2D eigenvalue weighted by Crippen LogP contribution is 2.17. The van der Waals surface area contributed by atoms with E-state index in [1.807, 2.05) is 0 Å². The highest BCUT2D eigenvalue weighted by atomic mass is 19.1. The highest BCUT2D eigenvalue weighted by Gasteiger charge is 2.15. The molecule has 1 amide bonds. The summed E-state index contributed by atoms with van der Waals surface area (Å²) in [4.78, 5) is 23.0. The van der Waals surface area contributed by atoms with Crippen LogP contribution in [-0.2, 0) is 0 Å². The van der Waals surface area contributed by atoms with Crippen LogP contribution >= 0.6 is 0 Å². The summed E-state index contributed by atoms with van der Waals surface area (Å²) >= 11 is 0. The van der Waals surface area contributed by atoms with E-state index in [0.29, 0.717) is 5.56 Å². The zero-order valence-corrected chi connectivity index (χ0v) is 10.7. The molecule has 0 bridgehead atoms. The van der Waals surface area contributed by atoms with Crippen LogP contribution in [-0.4, -0.2) is 17.0 Å². The fourth-order valence-corrected chi connectivity index (χ4v) is 1.77. The van der Waals surface area contributed by atoms with Gasteiger partial charge in [-0.3, -0.25) is 4.79 Å². The van der Waals surface area contributed by atoms with Crippen LogP contribution in [0.2, 0.25) is 0 Å². The first kappa shape index (κ1) is 13.7. The summed E-state index contributed by atoms with van der Waals surface area (Å²) in [6.07, 6.45) is 0. The van der Waals surface area contributed by atoms with Crippen molar-refractivity contribution < 1.29 is 19.1 Å². The molecule has 102 valence electrons. The van der Waals surface area contributed by atoms with Crippen LogP contribution < -0.4 is 5.32 Å². The Balaban J connectivity index is 2.30. The Bertz CT molecular complexity index is 683. The second kappa shape index (κ2) is 5.52. The molecule has 0 atom stereocenters. The van der Waals surface area contributed by atoms with E-state index in [9.17, 15) is 14.0 Å². The van der Waals surface area contributed by atoms with Crippen molar-refractivity contribution in [1.82, 2.24) is 0 Å². The minimum Gasteiger partial charge on any atom is -0.478 e. The zero-order valence-electron chi connectivity index (χ0n) is 10.7. The Labute approximate surface area is 114 Å². The Hall–Kier alpha value is -2.69. The second-order valence-electron chi connectivity index (χ2n) is 4.29. The lowest BCUT2D eigenvalue weighted by Gasteiger charge is -2.09. The third-order valence-electron chi connectivity index (χ3n) is 2.77. The van der Waals surface area contributed by atoms with E-state index in [1.54, 1.807) is 25.1 Å². The quantitative estimate of drug-likeness (QED) is 0.903. The van der Waals surface area contributed by atoms with Crippen LogP contribution in [0.4, 0.5) is 10.1 Å². The van der Waals surface area contributed by atoms with Crippen molar-refractivity contribution in [2.24, 2.45) is 0 Å². The molecule has 0 heterocycles. The van der Waals surface area contributed by atoms with E-state index in [1.165, 1.54) is 24.3 Å². The first-order chi connectivity index (χ1) is 9.49. The average molecular weight is 273 g/mol. The van der Waals surface area contributed by atoms with Crippen LogP contribution in [0, 0.1) is 12.7 Å². The van der Waals surface area contributed by atoms with Gasteiger partial charge in [-0.2, -0.15) is 0 Å². The SMILES string of the molecule is Cc1ccc(C(=O)Nc2ccccc2C(=O)O)c(F)c1. The molecular weight excluding hydrogens is 261 g/mol. The summed E-state index contributed by atoms with van der Waals surface area (Å²) in [5.74, 6) is -2.49. The summed E-state index contributed by atoms with van der Waals surface area (Å²) in [5, 5.41) is 11.4. The molecule has 2 rings (SSSR count). The van der Waals surface area contributed by atoms with E-state index in [-0.39, 0.29) is 16.8 Å². The summed E-state index contributed by atoms with van der Waals surface area (Å²) < 4.78 is 13.7. The summed E-state index contributed by atoms with van der Waals surface area (Å²) in [6.45, 7) is 1.71. The number of para-hydroxylation sites is 1. The number of nitrogens with one attached hydrogen (secondary N) is 1. The molecule has 2 aromatic carbocycles. The fraction of sp³-hybridized carbons (Fsp3) is 0.0667. The normalized spacial score (nSPS) is 10.1. The molecule has 0 aliphatic rings. The number of anilines is 1. The third kappa shape index (κ3) is 2.83. The average Bonchev–Trinajstić information content (AvgIpc) is 2.38. The van der Waals surface area contributed by atoms with Crippen LogP contribution in [0.15, 0.2) is 42.5 Å². The van der Waals surface area contributed by atoms with Crippen LogP contribution in [0.1, 0.15) is 26.3 Å². The predicted molar refractivity (Wildman–Crippen MR) is 72.5 cm³/mol. The molecule has 2 aromatic rings. The lowest BCUT2D eigenvalue weighted by atomic mass is 10.1. The third-order valence-corrected chi connectivity index (χ3v) is 2.77. The van der Waals surface area contributed by atoms with Gasteiger partial charge in [0.25, 0.3) is 5.91 Å². The smallest absolute Gasteiger partial charge is 0.337 e. The number of amides is 1. The van der Waals surface area contributed by atoms with E-state index in [2.05, 4.69) is 5.32 Å². The Kier molecular flexibility index (Phi) is 3.79. The maximum absolute atomic E-state index is 13.7. The van der Waals surface area contributed by atoms with Crippen molar-refractivity contribution in [3.05, 3.63) is 65.0 Å². The van der Waals surface area contributed by atoms with Gasteiger partial charge in [0.2, 0.25) is 0 Å². The molecule has 0 saturated carbocycles. The molecule has 0 aliphatic carbocycles. The zero-order chi connectivity index (χ0) is 14.7. The fourth-order valence-electron chi connectivity index (χ4n) is 1.77. The Morgan fingerprint density at radius 2 is 1.80 bits per heavy atom. The molecule has 0 aliphatic heterocycles. The number of halogens is 1. The number of carboxylic acids is 1. The van der Waals surface area contributed by atoms with Gasteiger partial charge in [0.1, 0.15) is 5.82 Å². The first-order valence-electron chi connectivity index (χ1n) is 5.89. The van der Waals surface area contributed by atoms with E-state index in [4.69, 9.17) is 5.11 Å². The molecule has 2 N–H and O–H groups in total. The number of benzene rings is 2. The number of aromatic carboxylic acids is 1. The number of aryl methyl sites for hydroxylation is 1. The number of rotatable bonds is 3. The molecule has 0 unspecified atom stereocenters. The van der Waals surface area contributed by atoms with Crippen molar-refractivity contribution in [3.63, 3.8) is 0 Å². The van der Waals surface area contributed by atoms with Gasteiger partial charge in [-0.15, -0.1) is 0 Å². The predicted octanol–water partition coefficient (Wildman–Crippen LogP) is 3.08. The Morgan fingerprint density at radius 3 is 2.45 bits per heavy atom. The molecular formula is C15H12FNO3. The standard InChI is InChI=1S/C15H12FNO3/c1-9-6-7-10(12(16)8-9)14(18)17-13-5-3-2-4-11(13)15(19)20/h2-8H,1H3,(H,17,18)(H,19,20). The molecule has 0 radical (unpaired) electrons. The van der Waals surface area contributed by atoms with Gasteiger partial charge < -0.3 is 10.4 Å². The monoisotopic (exact) mass is 273 g/mol. The Morgan fingerprint density at radius 1 is 1.10 bits per heavy atom. The summed E-state index contributed by atoms with van der Waals surface area (Å²) in [7, 11) is 0. The van der Waals surface area contributed by atoms with Crippen LogP contribution in [0.3, 0.4) is 0 Å². The second-order valence-corrected chi connectivity index (χ2v) is 4.29. The van der Waals surface area contributed by atoms with E-state index in [0.717, 1.165) is 0 Å². The maximum atomic E-state index is 13.7. The van der Waals surface area contributed by atoms with Crippen molar-refractivity contribution in [3.8, 4) is 0 Å². The largest absolute Gasteiger partial charge is 0.478 e. The molecule has 0 aromatic heterocycles. The van der Waals surface area contributed by atoms with E-state index < -0.39 is 17.7 Å². The molecule has 0 saturated heterocycles. The number of carbonyl (C=O) groups excluding carboxylic acids is 1. The van der Waals surface area contributed by atoms with Crippen molar-refractivity contribution in [2.45, 2.75) is 6.92 Å². The van der Waals surface area contributed by atoms with Gasteiger partial charge in [-0.1, -0.05) is 18.2 Å². The minimum atomic E-state index is -1.16. The molecule has 5 heteroatoms. The number of hydrogen-bond donors (Lipinski definition) is 2. The number of carbonyl (C=O) groups is 2. The topological polar surface area (TPSA) is 66.4 Å². The van der Waals surface area contributed by atoms with Gasteiger partial charge in [-0.05, 0) is 36.8 Å². The minimum absolute atomic E-state index is 0.0478. The van der Waals surface area contributed by atoms with Crippen LogP contribution in [0.5, 0.6) is 0 Å². The van der Waals surface area contributed by atoms with Gasteiger partial charge in [0.05, 0.1) is 16.8 Å². The summed E-state index contributed by atoms with van der Waals surface area (Å²) in [6, 6.07) is 10.2. The number of carboxylic acid groups (broad SMARTS) is 1. The molecule has 4 nitrogen and oxygen atoms in total. The molecule has 0 fully saturated rings. The van der Waals surface area contributed by atoms with Gasteiger partial charge in [-0.25, -0.2) is 9.18 Å². The lowest BCUT2D eigenvalue weighted by molar-refractivity contribution is 0.0698. The highest BCUT2D eigenvalue weighted by molar-refractivity contribution is 6.07. The van der Waals surface area contributed by atoms with Crippen molar-refractivity contribution in [1.29, 1.82) is 0 Å². The first-order valence-corrected chi connectivity index (χ1v) is 5.89. The number of hydrogen-bond acceptors (Lipinski definition) is 2. The van der Waals surface area contributed by atoms with Gasteiger partial charge in [0.15, 0.2) is 0 Å². The molecule has 20 heavy (non-hydrogen) atoms. The van der Waals surface area contributed by atoms with Crippen molar-refractivity contribution >= 4 is 17.6 Å². The molecule has 0 spiro atoms. The summed E-state index contributed by atoms with van der Waals surface area (Å²) in [5.41, 5.74) is 0.652. The maximum Gasteiger partial charge on any atom is 0.337 e. The van der Waals surface area contributed by atoms with Crippen LogP contribution in [0.25, 0.3) is 0 Å². The van der Waals surface area contributed by atoms with Crippen molar-refractivity contribution in [2.75, 3.05) is 5.32 Å². The van der Waals surface area contributed by atoms with E-state index >= 15 is 0 Å². The van der Waals surface area contributed by atoms with Gasteiger partial charge in [0, 0.05) is 0 Å². The van der Waals surface area contributed by atoms with Gasteiger partial charge >= 0.3 is 5.97 Å². The lowest BCUT2D eigenvalue weighted by Crippen LogP contribution is -2.16.